The van der Waals surface area contributed by atoms with E-state index in [1.807, 2.05) is 19.9 Å². The number of rotatable bonds is 1. The van der Waals surface area contributed by atoms with Crippen LogP contribution in [0.3, 0.4) is 0 Å². The molecule has 0 aromatic heterocycles. The van der Waals surface area contributed by atoms with Crippen molar-refractivity contribution in [1.82, 2.24) is 4.90 Å². The number of nitriles is 1. The monoisotopic (exact) mass is 210 g/mol. The van der Waals surface area contributed by atoms with Crippen molar-refractivity contribution in [2.75, 3.05) is 13.1 Å². The van der Waals surface area contributed by atoms with Gasteiger partial charge in [-0.2, -0.15) is 5.26 Å². The summed E-state index contributed by atoms with van der Waals surface area (Å²) in [7, 11) is 0. The number of carbonyl (C=O) groups excluding carboxylic acids is 1. The Morgan fingerprint density at radius 2 is 1.87 bits per heavy atom. The Bertz CT molecular complexity index is 283. The van der Waals surface area contributed by atoms with Crippen LogP contribution in [0, 0.1) is 16.7 Å². The summed E-state index contributed by atoms with van der Waals surface area (Å²) in [4.78, 5) is 13.7. The van der Waals surface area contributed by atoms with E-state index in [9.17, 15) is 4.79 Å². The van der Waals surface area contributed by atoms with Gasteiger partial charge in [-0.25, -0.2) is 0 Å². The molecule has 1 heterocycles. The second-order valence-corrected chi connectivity index (χ2v) is 4.70. The maximum atomic E-state index is 12.0. The molecule has 0 bridgehead atoms. The van der Waals surface area contributed by atoms with Crippen molar-refractivity contribution in [3.05, 3.63) is 0 Å². The maximum absolute atomic E-state index is 12.0. The highest BCUT2D eigenvalue weighted by atomic mass is 16.5. The molecule has 1 saturated heterocycles. The van der Waals surface area contributed by atoms with Gasteiger partial charge in [0.2, 0.25) is 5.91 Å². The largest absolute Gasteiger partial charge is 0.372 e. The zero-order valence-corrected chi connectivity index (χ0v) is 9.78. The first-order valence-corrected chi connectivity index (χ1v) is 5.23. The van der Waals surface area contributed by atoms with Gasteiger partial charge in [-0.15, -0.1) is 0 Å². The van der Waals surface area contributed by atoms with E-state index in [0.717, 1.165) is 0 Å². The number of nitrogens with zero attached hydrogens (tertiary/aromatic N) is 2. The molecule has 15 heavy (non-hydrogen) atoms. The lowest BCUT2D eigenvalue weighted by Crippen LogP contribution is -2.51. The standard InChI is InChI=1S/C11H18N2O2/c1-8-5-13(6-9(2)15-8)10(14)11(3,4)7-12/h8-9H,5-6H2,1-4H3/t8-,9+. The molecular weight excluding hydrogens is 192 g/mol. The Labute approximate surface area is 90.8 Å². The first kappa shape index (κ1) is 12.0. The Kier molecular flexibility index (Phi) is 3.35. The van der Waals surface area contributed by atoms with Gasteiger partial charge in [-0.1, -0.05) is 0 Å². The molecule has 0 saturated carbocycles. The first-order chi connectivity index (χ1) is 6.86. The number of hydrogen-bond donors (Lipinski definition) is 0. The molecule has 0 aliphatic carbocycles. The average Bonchev–Trinajstić information content (AvgIpc) is 2.15. The topological polar surface area (TPSA) is 53.3 Å². The van der Waals surface area contributed by atoms with Crippen LogP contribution in [0.1, 0.15) is 27.7 Å². The smallest absolute Gasteiger partial charge is 0.242 e. The third kappa shape index (κ3) is 2.69. The van der Waals surface area contributed by atoms with E-state index in [0.29, 0.717) is 13.1 Å². The molecule has 0 unspecified atom stereocenters. The maximum Gasteiger partial charge on any atom is 0.242 e. The SMILES string of the molecule is C[C@@H]1CN(C(=O)C(C)(C)C#N)C[C@H](C)O1. The second-order valence-electron chi connectivity index (χ2n) is 4.70. The molecule has 2 atom stereocenters. The van der Waals surface area contributed by atoms with E-state index >= 15 is 0 Å². The minimum absolute atomic E-state index is 0.0483. The summed E-state index contributed by atoms with van der Waals surface area (Å²) in [5.41, 5.74) is -0.934. The number of morpholine rings is 1. The molecule has 1 aliphatic rings. The minimum Gasteiger partial charge on any atom is -0.372 e. The average molecular weight is 210 g/mol. The van der Waals surface area contributed by atoms with Crippen molar-refractivity contribution in [3.63, 3.8) is 0 Å². The second kappa shape index (κ2) is 4.19. The van der Waals surface area contributed by atoms with Crippen LogP contribution in [-0.2, 0) is 9.53 Å². The molecule has 4 heteroatoms. The van der Waals surface area contributed by atoms with Gasteiger partial charge in [0.25, 0.3) is 0 Å². The summed E-state index contributed by atoms with van der Waals surface area (Å²) in [6.07, 6.45) is 0.0967. The highest BCUT2D eigenvalue weighted by Gasteiger charge is 2.35. The summed E-state index contributed by atoms with van der Waals surface area (Å²) in [5, 5.41) is 8.90. The molecule has 1 aliphatic heterocycles. The molecule has 0 aromatic carbocycles. The van der Waals surface area contributed by atoms with Crippen LogP contribution in [0.15, 0.2) is 0 Å². The van der Waals surface area contributed by atoms with Crippen molar-refractivity contribution < 1.29 is 9.53 Å². The van der Waals surface area contributed by atoms with Crippen LogP contribution in [0.25, 0.3) is 0 Å². The highest BCUT2D eigenvalue weighted by Crippen LogP contribution is 2.21. The van der Waals surface area contributed by atoms with Crippen molar-refractivity contribution >= 4 is 5.91 Å². The summed E-state index contributed by atoms with van der Waals surface area (Å²) in [6, 6.07) is 2.04. The number of hydrogen-bond acceptors (Lipinski definition) is 3. The number of amides is 1. The molecule has 0 radical (unpaired) electrons. The first-order valence-electron chi connectivity index (χ1n) is 5.23. The van der Waals surface area contributed by atoms with Crippen molar-refractivity contribution in [2.24, 2.45) is 5.41 Å². The van der Waals surface area contributed by atoms with Gasteiger partial charge in [0.05, 0.1) is 18.3 Å². The van der Waals surface area contributed by atoms with Crippen LogP contribution < -0.4 is 0 Å². The zero-order valence-electron chi connectivity index (χ0n) is 9.78. The third-order valence-corrected chi connectivity index (χ3v) is 2.52. The Morgan fingerprint density at radius 3 is 2.27 bits per heavy atom. The quantitative estimate of drug-likeness (QED) is 0.653. The Balaban J connectivity index is 2.73. The predicted molar refractivity (Wildman–Crippen MR) is 56.0 cm³/mol. The summed E-state index contributed by atoms with van der Waals surface area (Å²) >= 11 is 0. The molecule has 4 nitrogen and oxygen atoms in total. The molecule has 0 aromatic rings. The molecule has 0 spiro atoms. The lowest BCUT2D eigenvalue weighted by molar-refractivity contribution is -0.149. The van der Waals surface area contributed by atoms with E-state index in [4.69, 9.17) is 10.00 Å². The van der Waals surface area contributed by atoms with Crippen LogP contribution in [0.4, 0.5) is 0 Å². The van der Waals surface area contributed by atoms with Gasteiger partial charge in [0.15, 0.2) is 0 Å². The lowest BCUT2D eigenvalue weighted by Gasteiger charge is -2.37. The van der Waals surface area contributed by atoms with E-state index < -0.39 is 5.41 Å². The van der Waals surface area contributed by atoms with Crippen LogP contribution in [0.2, 0.25) is 0 Å². The van der Waals surface area contributed by atoms with Gasteiger partial charge < -0.3 is 9.64 Å². The summed E-state index contributed by atoms with van der Waals surface area (Å²) in [5.74, 6) is -0.105. The van der Waals surface area contributed by atoms with Gasteiger partial charge in [0, 0.05) is 13.1 Å². The van der Waals surface area contributed by atoms with E-state index in [2.05, 4.69) is 0 Å². The summed E-state index contributed by atoms with van der Waals surface area (Å²) in [6.45, 7) is 8.34. The number of carbonyl (C=O) groups is 1. The van der Waals surface area contributed by atoms with Gasteiger partial charge in [-0.05, 0) is 27.7 Å². The molecule has 1 fully saturated rings. The zero-order chi connectivity index (χ0) is 11.6. The van der Waals surface area contributed by atoms with Crippen molar-refractivity contribution in [3.8, 4) is 6.07 Å². The molecule has 0 N–H and O–H groups in total. The van der Waals surface area contributed by atoms with Crippen LogP contribution >= 0.6 is 0 Å². The van der Waals surface area contributed by atoms with E-state index in [-0.39, 0.29) is 18.1 Å². The minimum atomic E-state index is -0.934. The van der Waals surface area contributed by atoms with Gasteiger partial charge in [-0.3, -0.25) is 4.79 Å². The van der Waals surface area contributed by atoms with E-state index in [1.54, 1.807) is 18.7 Å². The van der Waals surface area contributed by atoms with Crippen molar-refractivity contribution in [2.45, 2.75) is 39.9 Å². The fraction of sp³-hybridized carbons (Fsp3) is 0.818. The summed E-state index contributed by atoms with van der Waals surface area (Å²) < 4.78 is 5.54. The number of ether oxygens (including phenoxy) is 1. The Hall–Kier alpha value is -1.08. The molecule has 1 amide bonds. The third-order valence-electron chi connectivity index (χ3n) is 2.52. The highest BCUT2D eigenvalue weighted by molar-refractivity contribution is 5.84. The fourth-order valence-corrected chi connectivity index (χ4v) is 1.79. The molecule has 84 valence electrons. The van der Waals surface area contributed by atoms with Crippen LogP contribution in [-0.4, -0.2) is 36.1 Å². The molecule has 1 rings (SSSR count). The van der Waals surface area contributed by atoms with E-state index in [1.165, 1.54) is 0 Å². The van der Waals surface area contributed by atoms with Crippen LogP contribution in [0.5, 0.6) is 0 Å². The van der Waals surface area contributed by atoms with Gasteiger partial charge in [0.1, 0.15) is 5.41 Å². The normalized spacial score (nSPS) is 27.3. The fourth-order valence-electron chi connectivity index (χ4n) is 1.79. The van der Waals surface area contributed by atoms with Crippen molar-refractivity contribution in [1.29, 1.82) is 5.26 Å². The molecular formula is C11H18N2O2. The Morgan fingerprint density at radius 1 is 1.40 bits per heavy atom. The van der Waals surface area contributed by atoms with Gasteiger partial charge >= 0.3 is 0 Å². The predicted octanol–water partition coefficient (Wildman–Crippen LogP) is 1.17. The lowest BCUT2D eigenvalue weighted by atomic mass is 9.93.